The SMILES string of the molecule is Cc1ccc(C(N)C2CNCCO2)o1. The summed E-state index contributed by atoms with van der Waals surface area (Å²) in [5.74, 6) is 1.69. The molecule has 2 heterocycles. The summed E-state index contributed by atoms with van der Waals surface area (Å²) in [5.41, 5.74) is 6.02. The average molecular weight is 196 g/mol. The molecule has 0 aromatic carbocycles. The number of hydrogen-bond donors (Lipinski definition) is 2. The van der Waals surface area contributed by atoms with E-state index >= 15 is 0 Å². The molecule has 1 aliphatic heterocycles. The van der Waals surface area contributed by atoms with E-state index in [0.717, 1.165) is 31.2 Å². The molecule has 1 fully saturated rings. The van der Waals surface area contributed by atoms with Gasteiger partial charge < -0.3 is 20.2 Å². The Labute approximate surface area is 83.4 Å². The van der Waals surface area contributed by atoms with Crippen LogP contribution in [0.15, 0.2) is 16.5 Å². The van der Waals surface area contributed by atoms with Crippen LogP contribution in [0.4, 0.5) is 0 Å². The summed E-state index contributed by atoms with van der Waals surface area (Å²) in [5, 5.41) is 3.25. The number of nitrogens with two attached hydrogens (primary N) is 1. The zero-order chi connectivity index (χ0) is 9.97. The summed E-state index contributed by atoms with van der Waals surface area (Å²) >= 11 is 0. The van der Waals surface area contributed by atoms with Crippen LogP contribution in [0.5, 0.6) is 0 Å². The van der Waals surface area contributed by atoms with E-state index < -0.39 is 0 Å². The second-order valence-electron chi connectivity index (χ2n) is 3.59. The highest BCUT2D eigenvalue weighted by atomic mass is 16.5. The maximum atomic E-state index is 6.02. The topological polar surface area (TPSA) is 60.4 Å². The maximum Gasteiger partial charge on any atom is 0.123 e. The van der Waals surface area contributed by atoms with E-state index in [0.29, 0.717) is 0 Å². The quantitative estimate of drug-likeness (QED) is 0.726. The second kappa shape index (κ2) is 4.13. The van der Waals surface area contributed by atoms with Gasteiger partial charge in [0.25, 0.3) is 0 Å². The van der Waals surface area contributed by atoms with Crippen LogP contribution in [0.25, 0.3) is 0 Å². The van der Waals surface area contributed by atoms with Crippen LogP contribution in [0.3, 0.4) is 0 Å². The van der Waals surface area contributed by atoms with Crippen LogP contribution >= 0.6 is 0 Å². The van der Waals surface area contributed by atoms with Gasteiger partial charge in [-0.05, 0) is 19.1 Å². The standard InChI is InChI=1S/C10H16N2O2/c1-7-2-3-8(14-7)10(11)9-6-12-4-5-13-9/h2-3,9-10,12H,4-6,11H2,1H3. The molecule has 1 aromatic rings. The predicted octanol–water partition coefficient (Wildman–Crippen LogP) is 0.576. The van der Waals surface area contributed by atoms with E-state index in [1.807, 2.05) is 19.1 Å². The van der Waals surface area contributed by atoms with Gasteiger partial charge >= 0.3 is 0 Å². The van der Waals surface area contributed by atoms with Crippen molar-refractivity contribution in [2.45, 2.75) is 19.1 Å². The molecule has 2 atom stereocenters. The molecule has 0 aliphatic carbocycles. The molecule has 4 nitrogen and oxygen atoms in total. The first-order chi connectivity index (χ1) is 6.77. The summed E-state index contributed by atoms with van der Waals surface area (Å²) in [7, 11) is 0. The predicted molar refractivity (Wildman–Crippen MR) is 53.0 cm³/mol. The van der Waals surface area contributed by atoms with E-state index in [2.05, 4.69) is 5.32 Å². The van der Waals surface area contributed by atoms with Crippen molar-refractivity contribution < 1.29 is 9.15 Å². The molecule has 1 saturated heterocycles. The zero-order valence-electron chi connectivity index (χ0n) is 8.32. The van der Waals surface area contributed by atoms with Gasteiger partial charge in [0.05, 0.1) is 18.8 Å². The number of morpholine rings is 1. The smallest absolute Gasteiger partial charge is 0.123 e. The lowest BCUT2D eigenvalue weighted by Crippen LogP contribution is -2.44. The summed E-state index contributed by atoms with van der Waals surface area (Å²) in [6, 6.07) is 3.67. The molecule has 0 saturated carbocycles. The lowest BCUT2D eigenvalue weighted by atomic mass is 10.1. The molecule has 3 N–H and O–H groups in total. The van der Waals surface area contributed by atoms with E-state index in [-0.39, 0.29) is 12.1 Å². The highest BCUT2D eigenvalue weighted by Gasteiger charge is 2.24. The van der Waals surface area contributed by atoms with Gasteiger partial charge in [-0.3, -0.25) is 0 Å². The maximum absolute atomic E-state index is 6.02. The van der Waals surface area contributed by atoms with Gasteiger partial charge in [0.1, 0.15) is 11.5 Å². The van der Waals surface area contributed by atoms with E-state index in [4.69, 9.17) is 14.9 Å². The average Bonchev–Trinajstić information content (AvgIpc) is 2.65. The molecule has 1 aliphatic rings. The Morgan fingerprint density at radius 2 is 2.43 bits per heavy atom. The first-order valence-electron chi connectivity index (χ1n) is 4.91. The number of nitrogens with one attached hydrogen (secondary N) is 1. The minimum atomic E-state index is -0.170. The lowest BCUT2D eigenvalue weighted by molar-refractivity contribution is 0.00798. The molecule has 2 unspecified atom stereocenters. The van der Waals surface area contributed by atoms with E-state index in [1.165, 1.54) is 0 Å². The zero-order valence-corrected chi connectivity index (χ0v) is 8.32. The minimum absolute atomic E-state index is 0.0225. The summed E-state index contributed by atoms with van der Waals surface area (Å²) < 4.78 is 11.0. The number of rotatable bonds is 2. The Bertz CT molecular complexity index is 292. The van der Waals surface area contributed by atoms with Crippen molar-refractivity contribution in [2.75, 3.05) is 19.7 Å². The van der Waals surface area contributed by atoms with E-state index in [1.54, 1.807) is 0 Å². The van der Waals surface area contributed by atoms with Gasteiger partial charge in [0.2, 0.25) is 0 Å². The van der Waals surface area contributed by atoms with Gasteiger partial charge in [-0.2, -0.15) is 0 Å². The van der Waals surface area contributed by atoms with Gasteiger partial charge in [-0.15, -0.1) is 0 Å². The van der Waals surface area contributed by atoms with Crippen molar-refractivity contribution >= 4 is 0 Å². The van der Waals surface area contributed by atoms with Crippen LogP contribution in [0.1, 0.15) is 17.6 Å². The highest BCUT2D eigenvalue weighted by Crippen LogP contribution is 2.19. The Kier molecular flexibility index (Phi) is 2.86. The molecule has 14 heavy (non-hydrogen) atoms. The molecule has 0 radical (unpaired) electrons. The van der Waals surface area contributed by atoms with Gasteiger partial charge in [0, 0.05) is 13.1 Å². The highest BCUT2D eigenvalue weighted by molar-refractivity contribution is 5.11. The monoisotopic (exact) mass is 196 g/mol. The van der Waals surface area contributed by atoms with Gasteiger partial charge in [0.15, 0.2) is 0 Å². The van der Waals surface area contributed by atoms with Crippen molar-refractivity contribution in [3.8, 4) is 0 Å². The largest absolute Gasteiger partial charge is 0.465 e. The first kappa shape index (κ1) is 9.71. The fourth-order valence-corrected chi connectivity index (χ4v) is 1.63. The van der Waals surface area contributed by atoms with Crippen LogP contribution in [0, 0.1) is 6.92 Å². The molecular weight excluding hydrogens is 180 g/mol. The van der Waals surface area contributed by atoms with Crippen molar-refractivity contribution in [3.63, 3.8) is 0 Å². The normalized spacial score (nSPS) is 24.9. The fourth-order valence-electron chi connectivity index (χ4n) is 1.63. The summed E-state index contributed by atoms with van der Waals surface area (Å²) in [6.45, 7) is 4.33. The lowest BCUT2D eigenvalue weighted by Gasteiger charge is -2.27. The molecule has 0 spiro atoms. The minimum Gasteiger partial charge on any atom is -0.465 e. The van der Waals surface area contributed by atoms with E-state index in [9.17, 15) is 0 Å². The van der Waals surface area contributed by atoms with Crippen molar-refractivity contribution in [1.29, 1.82) is 0 Å². The third kappa shape index (κ3) is 1.97. The van der Waals surface area contributed by atoms with Crippen molar-refractivity contribution in [3.05, 3.63) is 23.7 Å². The molecule has 4 heteroatoms. The number of furan rings is 1. The number of aryl methyl sites for hydroxylation is 1. The summed E-state index contributed by atoms with van der Waals surface area (Å²) in [4.78, 5) is 0. The molecule has 78 valence electrons. The molecule has 0 amide bonds. The number of hydrogen-bond acceptors (Lipinski definition) is 4. The summed E-state index contributed by atoms with van der Waals surface area (Å²) in [6.07, 6.45) is 0.0225. The molecule has 1 aromatic heterocycles. The van der Waals surface area contributed by atoms with Crippen molar-refractivity contribution in [2.24, 2.45) is 5.73 Å². The Balaban J connectivity index is 2.03. The first-order valence-corrected chi connectivity index (χ1v) is 4.91. The van der Waals surface area contributed by atoms with Gasteiger partial charge in [-0.25, -0.2) is 0 Å². The Morgan fingerprint density at radius 1 is 1.57 bits per heavy atom. The van der Waals surface area contributed by atoms with Gasteiger partial charge in [-0.1, -0.05) is 0 Å². The van der Waals surface area contributed by atoms with Crippen LogP contribution in [0.2, 0.25) is 0 Å². The Hall–Kier alpha value is -0.840. The molecule has 0 bridgehead atoms. The third-order valence-corrected chi connectivity index (χ3v) is 2.45. The van der Waals surface area contributed by atoms with Crippen LogP contribution < -0.4 is 11.1 Å². The molecular formula is C10H16N2O2. The Morgan fingerprint density at radius 3 is 3.00 bits per heavy atom. The molecule has 2 rings (SSSR count). The van der Waals surface area contributed by atoms with Crippen LogP contribution in [-0.4, -0.2) is 25.8 Å². The second-order valence-corrected chi connectivity index (χ2v) is 3.59. The third-order valence-electron chi connectivity index (χ3n) is 2.45. The van der Waals surface area contributed by atoms with Crippen LogP contribution in [-0.2, 0) is 4.74 Å². The van der Waals surface area contributed by atoms with Crippen molar-refractivity contribution in [1.82, 2.24) is 5.32 Å². The number of ether oxygens (including phenoxy) is 1. The fraction of sp³-hybridized carbons (Fsp3) is 0.600.